The van der Waals surface area contributed by atoms with E-state index >= 15 is 0 Å². The number of aliphatic carboxylic acids is 1. The van der Waals surface area contributed by atoms with E-state index in [1.807, 2.05) is 23.9 Å². The van der Waals surface area contributed by atoms with E-state index in [4.69, 9.17) is 5.11 Å². The Balaban J connectivity index is 1.90. The number of hydrogen-bond donors (Lipinski definition) is 1. The van der Waals surface area contributed by atoms with Gasteiger partial charge in [0.1, 0.15) is 0 Å². The van der Waals surface area contributed by atoms with Gasteiger partial charge in [-0.3, -0.25) is 9.69 Å². The number of thioether (sulfide) groups is 1. The van der Waals surface area contributed by atoms with Crippen molar-refractivity contribution in [2.45, 2.75) is 19.4 Å². The molecule has 0 radical (unpaired) electrons. The van der Waals surface area contributed by atoms with Crippen LogP contribution in [-0.2, 0) is 17.8 Å². The number of rotatable bonds is 4. The van der Waals surface area contributed by atoms with Gasteiger partial charge in [-0.25, -0.2) is 0 Å². The maximum atomic E-state index is 10.6. The minimum atomic E-state index is -0.771. The molecule has 1 aliphatic rings. The number of carboxylic acid groups (broad SMARTS) is 1. The predicted octanol–water partition coefficient (Wildman–Crippen LogP) is 2.25. The first kappa shape index (κ1) is 13.4. The second-order valence-electron chi connectivity index (χ2n) is 4.63. The average Bonchev–Trinajstić information content (AvgIpc) is 2.60. The summed E-state index contributed by atoms with van der Waals surface area (Å²) < 4.78 is 0. The average molecular weight is 265 g/mol. The molecule has 4 heteroatoms. The highest BCUT2D eigenvalue weighted by atomic mass is 32.2. The molecule has 1 heterocycles. The van der Waals surface area contributed by atoms with E-state index in [1.54, 1.807) is 0 Å². The molecule has 18 heavy (non-hydrogen) atoms. The molecule has 0 aliphatic carbocycles. The van der Waals surface area contributed by atoms with Gasteiger partial charge in [0, 0.05) is 18.8 Å². The van der Waals surface area contributed by atoms with Crippen molar-refractivity contribution in [1.29, 1.82) is 0 Å². The van der Waals surface area contributed by atoms with Gasteiger partial charge in [0.25, 0.3) is 0 Å². The molecule has 1 aliphatic heterocycles. The molecule has 1 aromatic rings. The topological polar surface area (TPSA) is 40.5 Å². The van der Waals surface area contributed by atoms with Gasteiger partial charge in [-0.2, -0.15) is 11.8 Å². The quantitative estimate of drug-likeness (QED) is 0.906. The normalized spacial score (nSPS) is 17.3. The highest BCUT2D eigenvalue weighted by Gasteiger charge is 2.09. The molecule has 1 saturated heterocycles. The van der Waals surface area contributed by atoms with Gasteiger partial charge in [-0.05, 0) is 29.8 Å². The van der Waals surface area contributed by atoms with Crippen LogP contribution in [0.4, 0.5) is 0 Å². The van der Waals surface area contributed by atoms with Crippen LogP contribution >= 0.6 is 11.8 Å². The Morgan fingerprint density at radius 1 is 1.17 bits per heavy atom. The summed E-state index contributed by atoms with van der Waals surface area (Å²) in [5.74, 6) is 1.72. The summed E-state index contributed by atoms with van der Waals surface area (Å²) in [6, 6.07) is 7.96. The van der Waals surface area contributed by atoms with Crippen LogP contribution < -0.4 is 0 Å². The lowest BCUT2D eigenvalue weighted by Crippen LogP contribution is -2.25. The Morgan fingerprint density at radius 3 is 2.61 bits per heavy atom. The zero-order chi connectivity index (χ0) is 12.8. The van der Waals surface area contributed by atoms with Crippen LogP contribution in [-0.4, -0.2) is 40.6 Å². The van der Waals surface area contributed by atoms with E-state index in [-0.39, 0.29) is 6.42 Å². The highest BCUT2D eigenvalue weighted by Crippen LogP contribution is 2.14. The maximum absolute atomic E-state index is 10.6. The molecule has 0 aromatic heterocycles. The molecule has 0 amide bonds. The van der Waals surface area contributed by atoms with Gasteiger partial charge >= 0.3 is 5.97 Å². The fourth-order valence-electron chi connectivity index (χ4n) is 2.15. The van der Waals surface area contributed by atoms with Crippen molar-refractivity contribution in [1.82, 2.24) is 4.90 Å². The minimum absolute atomic E-state index is 0.112. The third kappa shape index (κ3) is 4.35. The lowest BCUT2D eigenvalue weighted by atomic mass is 10.1. The largest absolute Gasteiger partial charge is 0.481 e. The van der Waals surface area contributed by atoms with Crippen LogP contribution in [0.3, 0.4) is 0 Å². The number of carbonyl (C=O) groups is 1. The summed E-state index contributed by atoms with van der Waals surface area (Å²) in [6.45, 7) is 3.30. The van der Waals surface area contributed by atoms with Crippen molar-refractivity contribution < 1.29 is 9.90 Å². The van der Waals surface area contributed by atoms with Crippen molar-refractivity contribution in [3.8, 4) is 0 Å². The summed E-state index contributed by atoms with van der Waals surface area (Å²) in [6.07, 6.45) is 1.38. The zero-order valence-corrected chi connectivity index (χ0v) is 11.3. The predicted molar refractivity (Wildman–Crippen MR) is 75.0 cm³/mol. The molecule has 1 fully saturated rings. The van der Waals surface area contributed by atoms with Crippen LogP contribution in [0.2, 0.25) is 0 Å². The SMILES string of the molecule is O=C(O)Cc1ccc(CN2CCCSCC2)cc1. The molecule has 3 nitrogen and oxygen atoms in total. The van der Waals surface area contributed by atoms with Gasteiger partial charge in [0.15, 0.2) is 0 Å². The Hall–Kier alpha value is -1.00. The van der Waals surface area contributed by atoms with Crippen LogP contribution in [0.25, 0.3) is 0 Å². The number of hydrogen-bond acceptors (Lipinski definition) is 3. The summed E-state index contributed by atoms with van der Waals surface area (Å²) in [5, 5.41) is 8.72. The van der Waals surface area contributed by atoms with Crippen LogP contribution in [0.5, 0.6) is 0 Å². The van der Waals surface area contributed by atoms with E-state index in [9.17, 15) is 4.79 Å². The monoisotopic (exact) mass is 265 g/mol. The Morgan fingerprint density at radius 2 is 1.89 bits per heavy atom. The standard InChI is InChI=1S/C14H19NO2S/c16-14(17)10-12-2-4-13(5-3-12)11-15-6-1-8-18-9-7-15/h2-5H,1,6-11H2,(H,16,17). The van der Waals surface area contributed by atoms with Crippen LogP contribution in [0.1, 0.15) is 17.5 Å². The van der Waals surface area contributed by atoms with E-state index in [2.05, 4.69) is 17.0 Å². The van der Waals surface area contributed by atoms with E-state index < -0.39 is 5.97 Å². The Kier molecular flexibility index (Phi) is 5.08. The second-order valence-corrected chi connectivity index (χ2v) is 5.85. The molecule has 0 atom stereocenters. The van der Waals surface area contributed by atoms with Gasteiger partial charge < -0.3 is 5.11 Å². The molecule has 1 aromatic carbocycles. The number of nitrogens with zero attached hydrogens (tertiary/aromatic N) is 1. The fraction of sp³-hybridized carbons (Fsp3) is 0.500. The summed E-state index contributed by atoms with van der Waals surface area (Å²) in [4.78, 5) is 13.1. The molecule has 0 saturated carbocycles. The first-order valence-electron chi connectivity index (χ1n) is 6.34. The summed E-state index contributed by atoms with van der Waals surface area (Å²) in [7, 11) is 0. The zero-order valence-electron chi connectivity index (χ0n) is 10.5. The lowest BCUT2D eigenvalue weighted by Gasteiger charge is -2.19. The molecule has 0 unspecified atom stereocenters. The van der Waals surface area contributed by atoms with Crippen molar-refractivity contribution in [2.24, 2.45) is 0 Å². The van der Waals surface area contributed by atoms with Crippen molar-refractivity contribution >= 4 is 17.7 Å². The molecule has 1 N–H and O–H groups in total. The third-order valence-electron chi connectivity index (χ3n) is 3.10. The summed E-state index contributed by atoms with van der Waals surface area (Å²) in [5.41, 5.74) is 2.15. The third-order valence-corrected chi connectivity index (χ3v) is 4.15. The first-order valence-corrected chi connectivity index (χ1v) is 7.49. The van der Waals surface area contributed by atoms with Gasteiger partial charge in [-0.15, -0.1) is 0 Å². The maximum Gasteiger partial charge on any atom is 0.307 e. The van der Waals surface area contributed by atoms with Crippen molar-refractivity contribution in [3.05, 3.63) is 35.4 Å². The summed E-state index contributed by atoms with van der Waals surface area (Å²) >= 11 is 2.03. The fourth-order valence-corrected chi connectivity index (χ4v) is 3.08. The molecular formula is C14H19NO2S. The second kappa shape index (κ2) is 6.81. The minimum Gasteiger partial charge on any atom is -0.481 e. The molecule has 0 bridgehead atoms. The van der Waals surface area contributed by atoms with Gasteiger partial charge in [0.2, 0.25) is 0 Å². The smallest absolute Gasteiger partial charge is 0.307 e. The van der Waals surface area contributed by atoms with E-state index in [1.165, 1.54) is 30.0 Å². The molecule has 98 valence electrons. The van der Waals surface area contributed by atoms with Gasteiger partial charge in [0.05, 0.1) is 6.42 Å². The van der Waals surface area contributed by atoms with E-state index in [0.29, 0.717) is 0 Å². The number of benzene rings is 1. The van der Waals surface area contributed by atoms with Crippen molar-refractivity contribution in [2.75, 3.05) is 24.6 Å². The van der Waals surface area contributed by atoms with Crippen molar-refractivity contribution in [3.63, 3.8) is 0 Å². The Bertz CT molecular complexity index is 383. The molecule has 2 rings (SSSR count). The molecular weight excluding hydrogens is 246 g/mol. The number of carboxylic acids is 1. The van der Waals surface area contributed by atoms with Crippen LogP contribution in [0.15, 0.2) is 24.3 Å². The highest BCUT2D eigenvalue weighted by molar-refractivity contribution is 7.99. The Labute approximate surface area is 112 Å². The first-order chi connectivity index (χ1) is 8.74. The lowest BCUT2D eigenvalue weighted by molar-refractivity contribution is -0.136. The van der Waals surface area contributed by atoms with Crippen LogP contribution in [0, 0.1) is 0 Å². The van der Waals surface area contributed by atoms with Gasteiger partial charge in [-0.1, -0.05) is 24.3 Å². The molecule has 0 spiro atoms. The van der Waals surface area contributed by atoms with E-state index in [0.717, 1.165) is 18.7 Å².